The van der Waals surface area contributed by atoms with Crippen LogP contribution in [0.1, 0.15) is 25.7 Å². The summed E-state index contributed by atoms with van der Waals surface area (Å²) in [7, 11) is 1.58. The number of likely N-dealkylation sites (tertiary alicyclic amines) is 1. The van der Waals surface area contributed by atoms with Crippen LogP contribution >= 0.6 is 0 Å². The number of urea groups is 1. The summed E-state index contributed by atoms with van der Waals surface area (Å²) in [6.07, 6.45) is 2.74. The highest BCUT2D eigenvalue weighted by atomic mass is 16.5. The van der Waals surface area contributed by atoms with Gasteiger partial charge in [-0.05, 0) is 36.8 Å². The number of para-hydroxylation sites is 2. The van der Waals surface area contributed by atoms with Crippen LogP contribution in [0, 0.1) is 5.41 Å². The zero-order chi connectivity index (χ0) is 19.7. The molecule has 8 heteroatoms. The van der Waals surface area contributed by atoms with Gasteiger partial charge in [-0.2, -0.15) is 0 Å². The van der Waals surface area contributed by atoms with Gasteiger partial charge in [0.2, 0.25) is 11.8 Å². The highest BCUT2D eigenvalue weighted by Gasteiger charge is 2.42. The summed E-state index contributed by atoms with van der Waals surface area (Å²) >= 11 is 0. The molecule has 1 aromatic carbocycles. The van der Waals surface area contributed by atoms with Gasteiger partial charge in [-0.1, -0.05) is 12.1 Å². The van der Waals surface area contributed by atoms with Crippen molar-refractivity contribution in [2.24, 2.45) is 5.41 Å². The summed E-state index contributed by atoms with van der Waals surface area (Å²) in [6, 6.07) is 6.67. The van der Waals surface area contributed by atoms with Gasteiger partial charge in [0.25, 0.3) is 0 Å². The lowest BCUT2D eigenvalue weighted by molar-refractivity contribution is -0.120. The van der Waals surface area contributed by atoms with Crippen molar-refractivity contribution < 1.29 is 19.1 Å². The molecule has 0 bridgehead atoms. The molecule has 0 aliphatic carbocycles. The average molecular weight is 386 g/mol. The number of carbonyl (C=O) groups excluding carboxylic acids is 3. The standard InChI is InChI=1S/C20H26N4O4/c1-28-16-5-3-2-4-15(16)24-9-6-14(18(24)26)22-19(27)23-10-7-20(8-11-23)12-17(25)21-13-20/h2-5,14H,6-13H2,1H3,(H,21,25)(H,22,27). The van der Waals surface area contributed by atoms with Crippen molar-refractivity contribution >= 4 is 23.5 Å². The molecule has 1 aromatic rings. The van der Waals surface area contributed by atoms with Gasteiger partial charge < -0.3 is 25.2 Å². The Bertz CT molecular complexity index is 788. The van der Waals surface area contributed by atoms with Gasteiger partial charge in [0.05, 0.1) is 12.8 Å². The maximum absolute atomic E-state index is 12.8. The smallest absolute Gasteiger partial charge is 0.318 e. The molecule has 2 N–H and O–H groups in total. The molecule has 0 radical (unpaired) electrons. The number of rotatable bonds is 3. The van der Waals surface area contributed by atoms with Crippen LogP contribution in [0.25, 0.3) is 0 Å². The monoisotopic (exact) mass is 386 g/mol. The van der Waals surface area contributed by atoms with E-state index in [0.29, 0.717) is 44.8 Å². The second-order valence-electron chi connectivity index (χ2n) is 7.89. The lowest BCUT2D eigenvalue weighted by Gasteiger charge is -2.38. The molecule has 0 saturated carbocycles. The van der Waals surface area contributed by atoms with Crippen molar-refractivity contribution in [3.63, 3.8) is 0 Å². The number of benzene rings is 1. The third-order valence-electron chi connectivity index (χ3n) is 6.19. The molecule has 1 unspecified atom stereocenters. The summed E-state index contributed by atoms with van der Waals surface area (Å²) in [5.41, 5.74) is 0.725. The van der Waals surface area contributed by atoms with E-state index in [1.807, 2.05) is 24.3 Å². The summed E-state index contributed by atoms with van der Waals surface area (Å²) < 4.78 is 5.35. The second kappa shape index (κ2) is 7.33. The van der Waals surface area contributed by atoms with E-state index >= 15 is 0 Å². The van der Waals surface area contributed by atoms with Crippen molar-refractivity contribution in [3.8, 4) is 5.75 Å². The number of nitrogens with one attached hydrogen (secondary N) is 2. The molecule has 1 atom stereocenters. The van der Waals surface area contributed by atoms with Gasteiger partial charge in [-0.15, -0.1) is 0 Å². The molecule has 3 fully saturated rings. The summed E-state index contributed by atoms with van der Waals surface area (Å²) in [4.78, 5) is 40.5. The SMILES string of the molecule is COc1ccccc1N1CCC(NC(=O)N2CCC3(CC2)CNC(=O)C3)C1=O. The predicted octanol–water partition coefficient (Wildman–Crippen LogP) is 1.11. The van der Waals surface area contributed by atoms with Crippen LogP contribution in [-0.2, 0) is 9.59 Å². The van der Waals surface area contributed by atoms with E-state index in [9.17, 15) is 14.4 Å². The first-order valence-corrected chi connectivity index (χ1v) is 9.78. The van der Waals surface area contributed by atoms with Gasteiger partial charge in [0.1, 0.15) is 11.8 Å². The molecule has 8 nitrogen and oxygen atoms in total. The number of anilines is 1. The molecule has 1 spiro atoms. The van der Waals surface area contributed by atoms with Crippen LogP contribution < -0.4 is 20.3 Å². The van der Waals surface area contributed by atoms with Crippen LogP contribution in [-0.4, -0.2) is 62.1 Å². The van der Waals surface area contributed by atoms with Gasteiger partial charge in [0.15, 0.2) is 0 Å². The molecule has 3 saturated heterocycles. The molecule has 3 aliphatic heterocycles. The average Bonchev–Trinajstić information content (AvgIpc) is 3.25. The molecule has 150 valence electrons. The molecule has 4 rings (SSSR count). The third kappa shape index (κ3) is 3.39. The lowest BCUT2D eigenvalue weighted by Crippen LogP contribution is -2.51. The largest absolute Gasteiger partial charge is 0.495 e. The fourth-order valence-corrected chi connectivity index (χ4v) is 4.44. The van der Waals surface area contributed by atoms with E-state index in [-0.39, 0.29) is 23.3 Å². The third-order valence-corrected chi connectivity index (χ3v) is 6.19. The topological polar surface area (TPSA) is 91.0 Å². The van der Waals surface area contributed by atoms with Crippen molar-refractivity contribution in [1.82, 2.24) is 15.5 Å². The van der Waals surface area contributed by atoms with Gasteiger partial charge in [0, 0.05) is 32.6 Å². The van der Waals surface area contributed by atoms with E-state index in [2.05, 4.69) is 10.6 Å². The van der Waals surface area contributed by atoms with E-state index in [1.54, 1.807) is 16.9 Å². The normalized spacial score (nSPS) is 23.8. The molecule has 3 aliphatic rings. The number of hydrogen-bond acceptors (Lipinski definition) is 4. The Labute approximate surface area is 164 Å². The maximum atomic E-state index is 12.8. The Balaban J connectivity index is 1.34. The van der Waals surface area contributed by atoms with Crippen molar-refractivity contribution in [2.75, 3.05) is 38.2 Å². The number of hydrogen-bond donors (Lipinski definition) is 2. The number of carbonyl (C=O) groups is 3. The number of methoxy groups -OCH3 is 1. The van der Waals surface area contributed by atoms with Crippen molar-refractivity contribution in [1.29, 1.82) is 0 Å². The molecule has 0 aromatic heterocycles. The number of nitrogens with zero attached hydrogens (tertiary/aromatic N) is 2. The fourth-order valence-electron chi connectivity index (χ4n) is 4.44. The Morgan fingerprint density at radius 3 is 2.64 bits per heavy atom. The molecular formula is C20H26N4O4. The van der Waals surface area contributed by atoms with Crippen LogP contribution in [0.4, 0.5) is 10.5 Å². The quantitative estimate of drug-likeness (QED) is 0.814. The lowest BCUT2D eigenvalue weighted by atomic mass is 9.78. The van der Waals surface area contributed by atoms with E-state index in [4.69, 9.17) is 4.74 Å². The summed E-state index contributed by atoms with van der Waals surface area (Å²) in [5.74, 6) is 0.631. The Morgan fingerprint density at radius 1 is 1.21 bits per heavy atom. The molecule has 3 heterocycles. The zero-order valence-electron chi connectivity index (χ0n) is 16.1. The van der Waals surface area contributed by atoms with E-state index in [0.717, 1.165) is 18.5 Å². The Morgan fingerprint density at radius 2 is 1.96 bits per heavy atom. The first-order valence-electron chi connectivity index (χ1n) is 9.78. The fraction of sp³-hybridized carbons (Fsp3) is 0.550. The van der Waals surface area contributed by atoms with Crippen LogP contribution in [0.3, 0.4) is 0 Å². The van der Waals surface area contributed by atoms with Crippen molar-refractivity contribution in [2.45, 2.75) is 31.7 Å². The number of ether oxygens (including phenoxy) is 1. The second-order valence-corrected chi connectivity index (χ2v) is 7.89. The minimum Gasteiger partial charge on any atom is -0.495 e. The first kappa shape index (κ1) is 18.6. The zero-order valence-corrected chi connectivity index (χ0v) is 16.1. The highest BCUT2D eigenvalue weighted by Crippen LogP contribution is 2.37. The molecular weight excluding hydrogens is 360 g/mol. The first-order chi connectivity index (χ1) is 13.5. The minimum atomic E-state index is -0.525. The van der Waals surface area contributed by atoms with Crippen molar-refractivity contribution in [3.05, 3.63) is 24.3 Å². The summed E-state index contributed by atoms with van der Waals surface area (Å²) in [5, 5.41) is 5.80. The van der Waals surface area contributed by atoms with Crippen LogP contribution in [0.5, 0.6) is 5.75 Å². The van der Waals surface area contributed by atoms with Crippen LogP contribution in [0.15, 0.2) is 24.3 Å². The van der Waals surface area contributed by atoms with E-state index in [1.165, 1.54) is 0 Å². The van der Waals surface area contributed by atoms with Gasteiger partial charge in [-0.3, -0.25) is 9.59 Å². The number of amides is 4. The van der Waals surface area contributed by atoms with Gasteiger partial charge in [-0.25, -0.2) is 4.79 Å². The maximum Gasteiger partial charge on any atom is 0.318 e. The Kier molecular flexibility index (Phi) is 4.87. The predicted molar refractivity (Wildman–Crippen MR) is 103 cm³/mol. The summed E-state index contributed by atoms with van der Waals surface area (Å²) in [6.45, 7) is 2.47. The minimum absolute atomic E-state index is 0.00228. The highest BCUT2D eigenvalue weighted by molar-refractivity contribution is 6.02. The molecule has 4 amide bonds. The molecule has 28 heavy (non-hydrogen) atoms. The number of piperidine rings is 1. The Hall–Kier alpha value is -2.77. The van der Waals surface area contributed by atoms with Crippen LogP contribution in [0.2, 0.25) is 0 Å². The van der Waals surface area contributed by atoms with Gasteiger partial charge >= 0.3 is 6.03 Å². The van der Waals surface area contributed by atoms with E-state index < -0.39 is 6.04 Å².